The molecule has 0 heterocycles. The minimum Gasteiger partial charge on any atom is -0.372 e. The Hall–Kier alpha value is -2.08. The lowest BCUT2D eigenvalue weighted by molar-refractivity contribution is -0.104. The van der Waals surface area contributed by atoms with Crippen LogP contribution in [0.25, 0.3) is 6.08 Å². The standard InChI is InChI=1S/C14H16N2O/c1-3-16(4-2)14-7-5-12(6-8-14)9-13(10-15)11-17/h5-9,11H,3-4H2,1-2H3/b13-9+. The molecule has 0 amide bonds. The lowest BCUT2D eigenvalue weighted by Gasteiger charge is -2.20. The van der Waals surface area contributed by atoms with Crippen molar-refractivity contribution in [3.8, 4) is 6.07 Å². The van der Waals surface area contributed by atoms with Crippen LogP contribution in [0.4, 0.5) is 5.69 Å². The SMILES string of the molecule is CCN(CC)c1ccc(/C=C(\C#N)C=O)cc1. The number of hydrogen-bond donors (Lipinski definition) is 0. The monoisotopic (exact) mass is 228 g/mol. The third kappa shape index (κ3) is 3.46. The maximum atomic E-state index is 10.5. The Morgan fingerprint density at radius 3 is 2.29 bits per heavy atom. The van der Waals surface area contributed by atoms with Crippen LogP contribution < -0.4 is 4.90 Å². The molecule has 88 valence electrons. The first-order chi connectivity index (χ1) is 8.24. The maximum absolute atomic E-state index is 10.5. The minimum absolute atomic E-state index is 0.139. The van der Waals surface area contributed by atoms with Gasteiger partial charge >= 0.3 is 0 Å². The first-order valence-corrected chi connectivity index (χ1v) is 5.67. The summed E-state index contributed by atoms with van der Waals surface area (Å²) in [7, 11) is 0. The summed E-state index contributed by atoms with van der Waals surface area (Å²) >= 11 is 0. The van der Waals surface area contributed by atoms with Gasteiger partial charge in [-0.15, -0.1) is 0 Å². The summed E-state index contributed by atoms with van der Waals surface area (Å²) < 4.78 is 0. The fourth-order valence-corrected chi connectivity index (χ4v) is 1.64. The van der Waals surface area contributed by atoms with E-state index in [-0.39, 0.29) is 5.57 Å². The molecule has 0 saturated carbocycles. The maximum Gasteiger partial charge on any atom is 0.160 e. The second-order valence-electron chi connectivity index (χ2n) is 3.59. The largest absolute Gasteiger partial charge is 0.372 e. The topological polar surface area (TPSA) is 44.1 Å². The molecule has 0 radical (unpaired) electrons. The lowest BCUT2D eigenvalue weighted by atomic mass is 10.1. The van der Waals surface area contributed by atoms with Crippen molar-refractivity contribution in [3.05, 3.63) is 35.4 Å². The van der Waals surface area contributed by atoms with Crippen molar-refractivity contribution in [3.63, 3.8) is 0 Å². The number of hydrogen-bond acceptors (Lipinski definition) is 3. The van der Waals surface area contributed by atoms with Crippen LogP contribution in [0.1, 0.15) is 19.4 Å². The van der Waals surface area contributed by atoms with Gasteiger partial charge in [-0.1, -0.05) is 12.1 Å². The molecule has 0 saturated heterocycles. The molecule has 0 spiro atoms. The molecule has 0 atom stereocenters. The Kier molecular flexibility index (Phi) is 4.96. The zero-order valence-corrected chi connectivity index (χ0v) is 10.2. The van der Waals surface area contributed by atoms with Gasteiger partial charge in [-0.3, -0.25) is 4.79 Å². The van der Waals surface area contributed by atoms with Gasteiger partial charge in [0.2, 0.25) is 0 Å². The van der Waals surface area contributed by atoms with Crippen LogP contribution in [0.3, 0.4) is 0 Å². The van der Waals surface area contributed by atoms with Gasteiger partial charge in [0.1, 0.15) is 6.07 Å². The Bertz CT molecular complexity index is 436. The van der Waals surface area contributed by atoms with Gasteiger partial charge in [0, 0.05) is 18.8 Å². The zero-order chi connectivity index (χ0) is 12.7. The third-order valence-electron chi connectivity index (χ3n) is 2.60. The van der Waals surface area contributed by atoms with E-state index < -0.39 is 0 Å². The fourth-order valence-electron chi connectivity index (χ4n) is 1.64. The highest BCUT2D eigenvalue weighted by Crippen LogP contribution is 2.16. The summed E-state index contributed by atoms with van der Waals surface area (Å²) in [6, 6.07) is 9.66. The average molecular weight is 228 g/mol. The molecule has 0 fully saturated rings. The van der Waals surface area contributed by atoms with Crippen molar-refractivity contribution >= 4 is 18.0 Å². The Labute approximate surface area is 102 Å². The van der Waals surface area contributed by atoms with Gasteiger partial charge in [0.05, 0.1) is 5.57 Å². The summed E-state index contributed by atoms with van der Waals surface area (Å²) in [5.41, 5.74) is 2.15. The van der Waals surface area contributed by atoms with Crippen molar-refractivity contribution in [2.24, 2.45) is 0 Å². The van der Waals surface area contributed by atoms with Crippen LogP contribution in [-0.4, -0.2) is 19.4 Å². The van der Waals surface area contributed by atoms with Gasteiger partial charge in [-0.25, -0.2) is 0 Å². The second-order valence-corrected chi connectivity index (χ2v) is 3.59. The van der Waals surface area contributed by atoms with E-state index >= 15 is 0 Å². The van der Waals surface area contributed by atoms with E-state index in [1.54, 1.807) is 6.08 Å². The number of carbonyl (C=O) groups is 1. The first-order valence-electron chi connectivity index (χ1n) is 5.67. The highest BCUT2D eigenvalue weighted by atomic mass is 16.1. The van der Waals surface area contributed by atoms with Crippen molar-refractivity contribution < 1.29 is 4.79 Å². The molecule has 3 nitrogen and oxygen atoms in total. The molecule has 0 aliphatic carbocycles. The van der Waals surface area contributed by atoms with Crippen LogP contribution in [0.15, 0.2) is 29.8 Å². The summed E-state index contributed by atoms with van der Waals surface area (Å²) in [5.74, 6) is 0. The summed E-state index contributed by atoms with van der Waals surface area (Å²) in [6.45, 7) is 6.14. The van der Waals surface area contributed by atoms with Gasteiger partial charge in [0.25, 0.3) is 0 Å². The smallest absolute Gasteiger partial charge is 0.160 e. The van der Waals surface area contributed by atoms with Crippen LogP contribution in [0.5, 0.6) is 0 Å². The van der Waals surface area contributed by atoms with E-state index in [9.17, 15) is 4.79 Å². The van der Waals surface area contributed by atoms with Crippen molar-refractivity contribution in [1.82, 2.24) is 0 Å². The molecule has 17 heavy (non-hydrogen) atoms. The fraction of sp³-hybridized carbons (Fsp3) is 0.286. The molecular weight excluding hydrogens is 212 g/mol. The lowest BCUT2D eigenvalue weighted by Crippen LogP contribution is -2.21. The van der Waals surface area contributed by atoms with Gasteiger partial charge in [-0.2, -0.15) is 5.26 Å². The first kappa shape index (κ1) is 13.0. The second kappa shape index (κ2) is 6.49. The van der Waals surface area contributed by atoms with E-state index in [0.29, 0.717) is 6.29 Å². The molecule has 1 rings (SSSR count). The number of nitriles is 1. The van der Waals surface area contributed by atoms with Gasteiger partial charge in [-0.05, 0) is 37.6 Å². The normalized spacial score (nSPS) is 10.8. The van der Waals surface area contributed by atoms with Gasteiger partial charge in [0.15, 0.2) is 6.29 Å². The van der Waals surface area contributed by atoms with Gasteiger partial charge < -0.3 is 4.90 Å². The van der Waals surface area contributed by atoms with Crippen molar-refractivity contribution in [2.75, 3.05) is 18.0 Å². The van der Waals surface area contributed by atoms with Crippen molar-refractivity contribution in [1.29, 1.82) is 5.26 Å². The van der Waals surface area contributed by atoms with Crippen molar-refractivity contribution in [2.45, 2.75) is 13.8 Å². The van der Waals surface area contributed by atoms with E-state index in [0.717, 1.165) is 24.3 Å². The van der Waals surface area contributed by atoms with E-state index in [1.807, 2.05) is 30.3 Å². The van der Waals surface area contributed by atoms with Crippen LogP contribution in [-0.2, 0) is 4.79 Å². The molecule has 3 heteroatoms. The number of benzene rings is 1. The Morgan fingerprint density at radius 2 is 1.88 bits per heavy atom. The zero-order valence-electron chi connectivity index (χ0n) is 10.2. The molecule has 0 aromatic heterocycles. The molecule has 1 aromatic rings. The number of rotatable bonds is 5. The van der Waals surface area contributed by atoms with Crippen LogP contribution in [0.2, 0.25) is 0 Å². The molecule has 0 bridgehead atoms. The number of nitrogens with zero attached hydrogens (tertiary/aromatic N) is 2. The molecule has 0 N–H and O–H groups in total. The molecule has 0 unspecified atom stereocenters. The number of aldehydes is 1. The highest BCUT2D eigenvalue weighted by Gasteiger charge is 2.00. The summed E-state index contributed by atoms with van der Waals surface area (Å²) in [5, 5.41) is 8.65. The molecular formula is C14H16N2O. The quantitative estimate of drug-likeness (QED) is 0.442. The van der Waals surface area contributed by atoms with E-state index in [4.69, 9.17) is 5.26 Å². The van der Waals surface area contributed by atoms with Crippen LogP contribution >= 0.6 is 0 Å². The van der Waals surface area contributed by atoms with Crippen LogP contribution in [0, 0.1) is 11.3 Å². The average Bonchev–Trinajstić information content (AvgIpc) is 2.39. The predicted octanol–water partition coefficient (Wildman–Crippen LogP) is 2.64. The molecule has 0 aliphatic heterocycles. The van der Waals surface area contributed by atoms with E-state index in [1.165, 1.54) is 0 Å². The highest BCUT2D eigenvalue weighted by molar-refractivity contribution is 5.86. The Balaban J connectivity index is 2.92. The predicted molar refractivity (Wildman–Crippen MR) is 69.7 cm³/mol. The summed E-state index contributed by atoms with van der Waals surface area (Å²) in [6.07, 6.45) is 2.15. The number of anilines is 1. The summed E-state index contributed by atoms with van der Waals surface area (Å²) in [4.78, 5) is 12.7. The molecule has 1 aromatic carbocycles. The molecule has 0 aliphatic rings. The van der Waals surface area contributed by atoms with E-state index in [2.05, 4.69) is 18.7 Å². The Morgan fingerprint density at radius 1 is 1.29 bits per heavy atom. The number of carbonyl (C=O) groups excluding carboxylic acids is 1. The number of allylic oxidation sites excluding steroid dienone is 1. The minimum atomic E-state index is 0.139. The third-order valence-corrected chi connectivity index (χ3v) is 2.60.